The maximum Gasteiger partial charge on any atom is 0.404 e. The van der Waals surface area contributed by atoms with Gasteiger partial charge in [-0.15, -0.1) is 0 Å². The zero-order valence-electron chi connectivity index (χ0n) is 2.09. The van der Waals surface area contributed by atoms with Gasteiger partial charge >= 0.3 is 4.67 Å². The topological polar surface area (TPSA) is 0 Å². The molecule has 0 fully saturated rings. The Bertz CT molecular complexity index is 22.4. The van der Waals surface area contributed by atoms with Gasteiger partial charge in [-0.2, -0.15) is 0 Å². The van der Waals surface area contributed by atoms with Gasteiger partial charge in [0.1, 0.15) is 0 Å². The lowest BCUT2D eigenvalue weighted by molar-refractivity contribution is 0.874. The van der Waals surface area contributed by atoms with Gasteiger partial charge in [0.2, 0.25) is 0 Å². The van der Waals surface area contributed by atoms with Crippen molar-refractivity contribution in [1.82, 2.24) is 0 Å². The summed E-state index contributed by atoms with van der Waals surface area (Å²) >= 11 is 13.4. The minimum absolute atomic E-state index is 3.08. The van der Waals surface area contributed by atoms with Crippen molar-refractivity contribution in [3.8, 4) is 0 Å². The first-order valence-electron chi connectivity index (χ1n) is 0.873. The second kappa shape index (κ2) is 1.54. The van der Waals surface area contributed by atoms with Crippen LogP contribution >= 0.6 is 34.4 Å². The quantitative estimate of drug-likeness (QED) is 0.447. The van der Waals surface area contributed by atoms with Crippen LogP contribution in [0.15, 0.2) is 0 Å². The Kier molecular flexibility index (Phi) is 1.81. The van der Waals surface area contributed by atoms with Crippen molar-refractivity contribution in [2.45, 2.75) is 0 Å². The van der Waals surface area contributed by atoms with E-state index >= 15 is 0 Å². The average Bonchev–Trinajstić information content (AvgIpc) is 0.722. The summed E-state index contributed by atoms with van der Waals surface area (Å²) in [6.07, 6.45) is 0. The third kappa shape index (κ3) is 53.4. The maximum atomic E-state index is 11.0. The SMILES string of the molecule is F[B-](Cl)(Cl)Cl. The van der Waals surface area contributed by atoms with Crippen LogP contribution in [-0.4, -0.2) is 4.67 Å². The fourth-order valence-electron chi connectivity index (χ4n) is 0. The average molecular weight is 136 g/mol. The first-order chi connectivity index (χ1) is 2.00. The lowest BCUT2D eigenvalue weighted by Crippen LogP contribution is -1.94. The maximum absolute atomic E-state index is 11.0. The third-order valence-electron chi connectivity index (χ3n) is 0. The second-order valence-electron chi connectivity index (χ2n) is 0.495. The lowest BCUT2D eigenvalue weighted by atomic mass is 10.6. The van der Waals surface area contributed by atoms with Crippen LogP contribution in [-0.2, 0) is 0 Å². The van der Waals surface area contributed by atoms with Gasteiger partial charge in [-0.3, -0.25) is 0 Å². The minimum Gasteiger partial charge on any atom is -0.464 e. The number of rotatable bonds is 0. The molecule has 0 saturated heterocycles. The van der Waals surface area contributed by atoms with Crippen LogP contribution < -0.4 is 0 Å². The Labute approximate surface area is 43.9 Å². The Morgan fingerprint density at radius 3 is 1.20 bits per heavy atom. The monoisotopic (exact) mass is 135 g/mol. The van der Waals surface area contributed by atoms with E-state index in [2.05, 4.69) is 34.4 Å². The van der Waals surface area contributed by atoms with Crippen molar-refractivity contribution < 1.29 is 4.32 Å². The molecule has 0 aliphatic rings. The summed E-state index contributed by atoms with van der Waals surface area (Å²) in [4.78, 5) is 0. The van der Waals surface area contributed by atoms with Crippen LogP contribution in [0.25, 0.3) is 0 Å². The van der Waals surface area contributed by atoms with Crippen molar-refractivity contribution in [1.29, 1.82) is 0 Å². The molecule has 5 heavy (non-hydrogen) atoms. The van der Waals surface area contributed by atoms with Crippen LogP contribution in [0.5, 0.6) is 0 Å². The molecule has 0 heterocycles. The van der Waals surface area contributed by atoms with Gasteiger partial charge in [-0.05, 0) is 0 Å². The van der Waals surface area contributed by atoms with Crippen molar-refractivity contribution in [3.63, 3.8) is 0 Å². The Morgan fingerprint density at radius 2 is 1.20 bits per heavy atom. The second-order valence-corrected chi connectivity index (χ2v) is 2.97. The van der Waals surface area contributed by atoms with E-state index in [9.17, 15) is 4.32 Å². The Balaban J connectivity index is 3.02. The predicted molar refractivity (Wildman–Crippen MR) is 24.4 cm³/mol. The van der Waals surface area contributed by atoms with Gasteiger partial charge in [0.25, 0.3) is 0 Å². The molecular weight excluding hydrogens is 136 g/mol. The molecule has 32 valence electrons. The summed E-state index contributed by atoms with van der Waals surface area (Å²) in [5.74, 6) is 0. The zero-order chi connectivity index (χ0) is 4.50. The van der Waals surface area contributed by atoms with E-state index in [1.54, 1.807) is 0 Å². The van der Waals surface area contributed by atoms with Crippen molar-refractivity contribution in [2.24, 2.45) is 0 Å². The molecule has 0 atom stereocenters. The molecule has 0 aromatic carbocycles. The highest BCUT2D eigenvalue weighted by Crippen LogP contribution is 2.19. The summed E-state index contributed by atoms with van der Waals surface area (Å²) < 4.78 is 7.96. The molecule has 0 nitrogen and oxygen atoms in total. The predicted octanol–water partition coefficient (Wildman–Crippen LogP) is 2.11. The van der Waals surface area contributed by atoms with E-state index in [0.717, 1.165) is 0 Å². The van der Waals surface area contributed by atoms with Crippen molar-refractivity contribution in [3.05, 3.63) is 0 Å². The van der Waals surface area contributed by atoms with E-state index < -0.39 is 4.67 Å². The van der Waals surface area contributed by atoms with E-state index in [1.807, 2.05) is 0 Å². The first-order valence-corrected chi connectivity index (χ1v) is 2.18. The summed E-state index contributed by atoms with van der Waals surface area (Å²) in [6.45, 7) is 0. The fraction of sp³-hybridized carbons (Fsp3) is 0. The van der Waals surface area contributed by atoms with E-state index in [4.69, 9.17) is 0 Å². The molecular formula is BCl3F-. The Morgan fingerprint density at radius 1 is 1.20 bits per heavy atom. The van der Waals surface area contributed by atoms with Crippen LogP contribution in [0.1, 0.15) is 0 Å². The van der Waals surface area contributed by atoms with Crippen LogP contribution in [0.2, 0.25) is 0 Å². The summed E-state index contributed by atoms with van der Waals surface area (Å²) in [5, 5.41) is 0. The van der Waals surface area contributed by atoms with Crippen LogP contribution in [0, 0.1) is 0 Å². The first kappa shape index (κ1) is 5.86. The Hall–Kier alpha value is 0.865. The summed E-state index contributed by atoms with van der Waals surface area (Å²) in [7, 11) is 0. The van der Waals surface area contributed by atoms with E-state index in [1.165, 1.54) is 0 Å². The smallest absolute Gasteiger partial charge is 0.404 e. The van der Waals surface area contributed by atoms with Crippen molar-refractivity contribution >= 4 is 39.0 Å². The molecule has 0 radical (unpaired) electrons. The molecule has 0 bridgehead atoms. The molecule has 0 aromatic heterocycles. The number of hydrogen-bond acceptors (Lipinski definition) is 0. The molecule has 0 saturated carbocycles. The minimum atomic E-state index is -3.08. The molecule has 0 aromatic rings. The molecule has 0 N–H and O–H groups in total. The third-order valence-corrected chi connectivity index (χ3v) is 0. The summed E-state index contributed by atoms with van der Waals surface area (Å²) in [5.41, 5.74) is 0. The molecule has 0 aliphatic heterocycles. The molecule has 0 unspecified atom stereocenters. The number of hydrogen-bond donors (Lipinski definition) is 0. The molecule has 0 rings (SSSR count). The van der Waals surface area contributed by atoms with E-state index in [-0.39, 0.29) is 0 Å². The van der Waals surface area contributed by atoms with Gasteiger partial charge in [0.15, 0.2) is 0 Å². The van der Waals surface area contributed by atoms with E-state index in [0.29, 0.717) is 0 Å². The normalized spacial score (nSPS) is 12.0. The zero-order valence-corrected chi connectivity index (χ0v) is 4.36. The lowest BCUT2D eigenvalue weighted by Gasteiger charge is -2.01. The van der Waals surface area contributed by atoms with Gasteiger partial charge in [-0.1, -0.05) is 0 Å². The highest BCUT2D eigenvalue weighted by molar-refractivity contribution is 7.61. The molecule has 5 heteroatoms. The van der Waals surface area contributed by atoms with Crippen molar-refractivity contribution in [2.75, 3.05) is 0 Å². The van der Waals surface area contributed by atoms with Gasteiger partial charge < -0.3 is 38.7 Å². The number of halogens is 4. The van der Waals surface area contributed by atoms with Gasteiger partial charge in [0, 0.05) is 0 Å². The summed E-state index contributed by atoms with van der Waals surface area (Å²) in [6, 6.07) is 0. The fourth-order valence-corrected chi connectivity index (χ4v) is 0. The van der Waals surface area contributed by atoms with Crippen LogP contribution in [0.4, 0.5) is 4.32 Å². The highest BCUT2D eigenvalue weighted by atomic mass is 35.6. The van der Waals surface area contributed by atoms with Gasteiger partial charge in [0.05, 0.1) is 0 Å². The van der Waals surface area contributed by atoms with Crippen LogP contribution in [0.3, 0.4) is 0 Å². The molecule has 0 spiro atoms. The molecule has 0 amide bonds. The largest absolute Gasteiger partial charge is 0.464 e. The standard InChI is InChI=1S/BCl3F/c2-1(3,4)5/q-1. The van der Waals surface area contributed by atoms with Gasteiger partial charge in [-0.25, -0.2) is 0 Å². The highest BCUT2D eigenvalue weighted by Gasteiger charge is 2.06. The molecule has 0 aliphatic carbocycles.